The lowest BCUT2D eigenvalue weighted by atomic mass is 10.1. The number of thioether (sulfide) groups is 1. The monoisotopic (exact) mass is 526 g/mol. The maximum Gasteiger partial charge on any atom is 0.266 e. The van der Waals surface area contributed by atoms with Gasteiger partial charge >= 0.3 is 0 Å². The summed E-state index contributed by atoms with van der Waals surface area (Å²) < 4.78 is 28.9. The molecule has 3 aromatic rings. The van der Waals surface area contributed by atoms with E-state index in [2.05, 4.69) is 0 Å². The van der Waals surface area contributed by atoms with E-state index in [0.29, 0.717) is 32.6 Å². The molecular weight excluding hydrogens is 501 g/mol. The van der Waals surface area contributed by atoms with Crippen molar-refractivity contribution in [2.45, 2.75) is 18.7 Å². The summed E-state index contributed by atoms with van der Waals surface area (Å²) in [5, 5.41) is 4.77. The number of para-hydroxylation sites is 1. The van der Waals surface area contributed by atoms with Crippen LogP contribution in [0.1, 0.15) is 19.4 Å². The van der Waals surface area contributed by atoms with Crippen LogP contribution in [-0.2, 0) is 14.8 Å². The molecule has 0 atom stereocenters. The predicted octanol–water partition coefficient (Wildman–Crippen LogP) is 4.65. The lowest BCUT2D eigenvalue weighted by molar-refractivity contribution is -0.122. The standard InChI is InChI=1S/C25H26N4O3S3/c1-17(2)15-28-24(30)22(34-25(28)33)14-19-16-29(20-10-6-5-7-11-20)26-23(19)18-9-8-12-21(13-18)35(31,32)27(3)4/h5-14,16-17H,15H2,1-4H3. The van der Waals surface area contributed by atoms with Crippen LogP contribution in [0.3, 0.4) is 0 Å². The van der Waals surface area contributed by atoms with Gasteiger partial charge in [0.25, 0.3) is 5.91 Å². The molecule has 35 heavy (non-hydrogen) atoms. The molecule has 1 fully saturated rings. The average Bonchev–Trinajstić information content (AvgIpc) is 3.36. The summed E-state index contributed by atoms with van der Waals surface area (Å²) in [4.78, 5) is 15.4. The van der Waals surface area contributed by atoms with Crippen LogP contribution in [-0.4, -0.2) is 58.3 Å². The first-order chi connectivity index (χ1) is 16.6. The average molecular weight is 527 g/mol. The van der Waals surface area contributed by atoms with E-state index in [1.165, 1.54) is 30.2 Å². The largest absolute Gasteiger partial charge is 0.293 e. The van der Waals surface area contributed by atoms with Gasteiger partial charge in [0.05, 0.1) is 15.5 Å². The molecule has 0 spiro atoms. The maximum absolute atomic E-state index is 13.1. The molecule has 1 aromatic heterocycles. The van der Waals surface area contributed by atoms with Crippen molar-refractivity contribution < 1.29 is 13.2 Å². The SMILES string of the molecule is CC(C)CN1C(=O)C(=Cc2cn(-c3ccccc3)nc2-c2cccc(S(=O)(=O)N(C)C)c2)SC1=S. The summed E-state index contributed by atoms with van der Waals surface area (Å²) in [6.45, 7) is 4.64. The van der Waals surface area contributed by atoms with Crippen molar-refractivity contribution in [1.29, 1.82) is 0 Å². The zero-order valence-electron chi connectivity index (χ0n) is 19.9. The number of thiocarbonyl (C=S) groups is 1. The van der Waals surface area contributed by atoms with E-state index in [9.17, 15) is 13.2 Å². The van der Waals surface area contributed by atoms with Crippen molar-refractivity contribution in [2.24, 2.45) is 5.92 Å². The fraction of sp³-hybridized carbons (Fsp3) is 0.240. The normalized spacial score (nSPS) is 15.7. The maximum atomic E-state index is 13.1. The number of rotatable bonds is 7. The van der Waals surface area contributed by atoms with Crippen molar-refractivity contribution >= 4 is 50.3 Å². The summed E-state index contributed by atoms with van der Waals surface area (Å²) in [6.07, 6.45) is 3.63. The number of nitrogens with zero attached hydrogens (tertiary/aromatic N) is 4. The van der Waals surface area contributed by atoms with Gasteiger partial charge < -0.3 is 0 Å². The number of carbonyl (C=O) groups excluding carboxylic acids is 1. The number of sulfonamides is 1. The Morgan fingerprint density at radius 2 is 1.83 bits per heavy atom. The van der Waals surface area contributed by atoms with Crippen LogP contribution in [0.2, 0.25) is 0 Å². The summed E-state index contributed by atoms with van der Waals surface area (Å²) in [7, 11) is -0.628. The van der Waals surface area contributed by atoms with E-state index in [1.54, 1.807) is 33.9 Å². The Kier molecular flexibility index (Phi) is 7.27. The minimum absolute atomic E-state index is 0.129. The highest BCUT2D eigenvalue weighted by Crippen LogP contribution is 2.35. The third-order valence-electron chi connectivity index (χ3n) is 5.36. The molecule has 1 saturated heterocycles. The van der Waals surface area contributed by atoms with Gasteiger partial charge in [-0.3, -0.25) is 9.69 Å². The quantitative estimate of drug-likeness (QED) is 0.330. The van der Waals surface area contributed by atoms with Gasteiger partial charge in [-0.1, -0.05) is 68.2 Å². The number of benzene rings is 2. The molecule has 0 unspecified atom stereocenters. The summed E-state index contributed by atoms with van der Waals surface area (Å²) >= 11 is 6.72. The number of aromatic nitrogens is 2. The first-order valence-corrected chi connectivity index (χ1v) is 13.7. The Balaban J connectivity index is 1.83. The molecule has 10 heteroatoms. The fourth-order valence-corrected chi connectivity index (χ4v) is 5.82. The van der Waals surface area contributed by atoms with E-state index in [0.717, 1.165) is 5.69 Å². The van der Waals surface area contributed by atoms with Gasteiger partial charge in [0, 0.05) is 38.0 Å². The summed E-state index contributed by atoms with van der Waals surface area (Å²) in [6, 6.07) is 16.3. The highest BCUT2D eigenvalue weighted by molar-refractivity contribution is 8.26. The zero-order valence-corrected chi connectivity index (χ0v) is 22.3. The Labute approximate surface area is 215 Å². The molecule has 1 aliphatic heterocycles. The van der Waals surface area contributed by atoms with Crippen molar-refractivity contribution in [3.05, 3.63) is 71.3 Å². The van der Waals surface area contributed by atoms with Crippen LogP contribution < -0.4 is 0 Å². The third-order valence-corrected chi connectivity index (χ3v) is 8.55. The van der Waals surface area contributed by atoms with Gasteiger partial charge in [-0.25, -0.2) is 17.4 Å². The Hall–Kier alpha value is -2.79. The van der Waals surface area contributed by atoms with Crippen molar-refractivity contribution in [2.75, 3.05) is 20.6 Å². The fourth-order valence-electron chi connectivity index (χ4n) is 3.61. The molecule has 0 radical (unpaired) electrons. The molecule has 0 aliphatic carbocycles. The molecule has 1 aliphatic rings. The van der Waals surface area contributed by atoms with Gasteiger partial charge in [0.1, 0.15) is 10.0 Å². The molecule has 4 rings (SSSR count). The lowest BCUT2D eigenvalue weighted by Gasteiger charge is -2.16. The van der Waals surface area contributed by atoms with Crippen LogP contribution in [0, 0.1) is 5.92 Å². The highest BCUT2D eigenvalue weighted by Gasteiger charge is 2.32. The molecule has 2 heterocycles. The zero-order chi connectivity index (χ0) is 25.3. The van der Waals surface area contributed by atoms with Crippen molar-refractivity contribution in [3.63, 3.8) is 0 Å². The Bertz CT molecular complexity index is 1410. The number of amides is 1. The minimum atomic E-state index is -3.62. The van der Waals surface area contributed by atoms with E-state index in [1.807, 2.05) is 56.4 Å². The number of hydrogen-bond donors (Lipinski definition) is 0. The smallest absolute Gasteiger partial charge is 0.266 e. The summed E-state index contributed by atoms with van der Waals surface area (Å²) in [5.74, 6) is 0.158. The highest BCUT2D eigenvalue weighted by atomic mass is 32.2. The second kappa shape index (κ2) is 10.1. The molecule has 0 saturated carbocycles. The molecule has 1 amide bonds. The summed E-state index contributed by atoms with van der Waals surface area (Å²) in [5.41, 5.74) is 2.74. The Morgan fingerprint density at radius 3 is 2.49 bits per heavy atom. The van der Waals surface area contributed by atoms with Crippen LogP contribution in [0.15, 0.2) is 70.6 Å². The first-order valence-electron chi connectivity index (χ1n) is 11.0. The number of carbonyl (C=O) groups is 1. The van der Waals surface area contributed by atoms with E-state index in [4.69, 9.17) is 17.3 Å². The first kappa shape index (κ1) is 25.3. The van der Waals surface area contributed by atoms with E-state index < -0.39 is 10.0 Å². The van der Waals surface area contributed by atoms with E-state index >= 15 is 0 Å². The Morgan fingerprint density at radius 1 is 1.11 bits per heavy atom. The van der Waals surface area contributed by atoms with Gasteiger partial charge in [-0.05, 0) is 36.3 Å². The molecule has 0 bridgehead atoms. The van der Waals surface area contributed by atoms with E-state index in [-0.39, 0.29) is 16.7 Å². The van der Waals surface area contributed by atoms with Crippen molar-refractivity contribution in [3.8, 4) is 16.9 Å². The van der Waals surface area contributed by atoms with Gasteiger partial charge in [-0.15, -0.1) is 0 Å². The van der Waals surface area contributed by atoms with Crippen LogP contribution in [0.5, 0.6) is 0 Å². The molecule has 7 nitrogen and oxygen atoms in total. The second-order valence-corrected chi connectivity index (χ2v) is 12.5. The minimum Gasteiger partial charge on any atom is -0.293 e. The predicted molar refractivity (Wildman–Crippen MR) is 145 cm³/mol. The lowest BCUT2D eigenvalue weighted by Crippen LogP contribution is -2.31. The number of hydrogen-bond acceptors (Lipinski definition) is 6. The van der Waals surface area contributed by atoms with Gasteiger partial charge in [0.15, 0.2) is 0 Å². The van der Waals surface area contributed by atoms with Crippen LogP contribution in [0.4, 0.5) is 0 Å². The van der Waals surface area contributed by atoms with Crippen LogP contribution in [0.25, 0.3) is 23.0 Å². The van der Waals surface area contributed by atoms with Crippen LogP contribution >= 0.6 is 24.0 Å². The third kappa shape index (κ3) is 5.25. The second-order valence-electron chi connectivity index (χ2n) is 8.71. The van der Waals surface area contributed by atoms with Gasteiger partial charge in [-0.2, -0.15) is 5.10 Å². The molecular formula is C25H26N4O3S3. The van der Waals surface area contributed by atoms with Gasteiger partial charge in [0.2, 0.25) is 10.0 Å². The molecule has 2 aromatic carbocycles. The topological polar surface area (TPSA) is 75.5 Å². The molecule has 0 N–H and O–H groups in total. The van der Waals surface area contributed by atoms with Crippen molar-refractivity contribution in [1.82, 2.24) is 19.0 Å². The molecule has 182 valence electrons.